The largest absolute Gasteiger partial charge is 0.354 e. The number of guanidine groups is 1. The molecule has 1 aliphatic rings. The highest BCUT2D eigenvalue weighted by Crippen LogP contribution is 2.29. The molecule has 2 N–H and O–H groups in total. The first-order valence-corrected chi connectivity index (χ1v) is 8.05. The summed E-state index contributed by atoms with van der Waals surface area (Å²) in [5.41, 5.74) is 4.42. The third kappa shape index (κ3) is 2.65. The Morgan fingerprint density at radius 3 is 2.67 bits per heavy atom. The van der Waals surface area contributed by atoms with Gasteiger partial charge in [0.15, 0.2) is 0 Å². The standard InChI is InChI=1S/C19H19N5/c1-24(19-20-11-12-21-19)22-13-16-15-9-5-6-10-17(15)23-18(16)14-7-3-2-4-8-14/h2-10,13,23H,11-12H2,1H3,(H,20,21)/b22-13+. The Hall–Kier alpha value is -3.08. The number of aromatic amines is 1. The molecule has 0 spiro atoms. The normalized spacial score (nSPS) is 14.1. The molecule has 0 aliphatic carbocycles. The molecule has 0 atom stereocenters. The summed E-state index contributed by atoms with van der Waals surface area (Å²) < 4.78 is 0. The second kappa shape index (κ2) is 6.20. The van der Waals surface area contributed by atoms with E-state index in [1.807, 2.05) is 37.5 Å². The van der Waals surface area contributed by atoms with Crippen molar-refractivity contribution >= 4 is 23.1 Å². The summed E-state index contributed by atoms with van der Waals surface area (Å²) in [5.74, 6) is 0.812. The lowest BCUT2D eigenvalue weighted by molar-refractivity contribution is 0.531. The molecule has 5 heteroatoms. The number of benzene rings is 2. The SMILES string of the molecule is CN(/N=C/c1c(-c2ccccc2)[nH]c2ccccc12)C1=NCCN1. The number of rotatable bonds is 3. The summed E-state index contributed by atoms with van der Waals surface area (Å²) in [7, 11) is 1.91. The first-order valence-electron chi connectivity index (χ1n) is 8.05. The minimum atomic E-state index is 0.803. The van der Waals surface area contributed by atoms with Crippen molar-refractivity contribution < 1.29 is 0 Å². The Kier molecular flexibility index (Phi) is 3.75. The average Bonchev–Trinajstić information content (AvgIpc) is 3.28. The zero-order valence-electron chi connectivity index (χ0n) is 13.5. The number of para-hydroxylation sites is 1. The lowest BCUT2D eigenvalue weighted by atomic mass is 10.1. The fourth-order valence-electron chi connectivity index (χ4n) is 2.93. The quantitative estimate of drug-likeness (QED) is 0.576. The Bertz CT molecular complexity index is 908. The molecule has 0 saturated heterocycles. The summed E-state index contributed by atoms with van der Waals surface area (Å²) in [6.07, 6.45) is 1.91. The van der Waals surface area contributed by atoms with Crippen molar-refractivity contribution in [3.8, 4) is 11.3 Å². The van der Waals surface area contributed by atoms with Crippen LogP contribution in [0.15, 0.2) is 64.7 Å². The predicted molar refractivity (Wildman–Crippen MR) is 99.4 cm³/mol. The van der Waals surface area contributed by atoms with E-state index in [2.05, 4.69) is 50.7 Å². The molecule has 0 amide bonds. The van der Waals surface area contributed by atoms with Gasteiger partial charge in [0.05, 0.1) is 18.5 Å². The molecular formula is C19H19N5. The molecule has 5 nitrogen and oxygen atoms in total. The maximum absolute atomic E-state index is 4.58. The second-order valence-corrected chi connectivity index (χ2v) is 5.73. The molecule has 0 saturated carbocycles. The minimum absolute atomic E-state index is 0.803. The van der Waals surface area contributed by atoms with Crippen molar-refractivity contribution in [3.05, 3.63) is 60.2 Å². The van der Waals surface area contributed by atoms with Crippen LogP contribution in [0.5, 0.6) is 0 Å². The van der Waals surface area contributed by atoms with Gasteiger partial charge in [0.25, 0.3) is 0 Å². The minimum Gasteiger partial charge on any atom is -0.354 e. The van der Waals surface area contributed by atoms with E-state index >= 15 is 0 Å². The van der Waals surface area contributed by atoms with Crippen molar-refractivity contribution in [3.63, 3.8) is 0 Å². The van der Waals surface area contributed by atoms with E-state index in [0.29, 0.717) is 0 Å². The van der Waals surface area contributed by atoms with E-state index in [1.165, 1.54) is 0 Å². The van der Waals surface area contributed by atoms with Crippen molar-refractivity contribution in [2.45, 2.75) is 0 Å². The van der Waals surface area contributed by atoms with Crippen LogP contribution in [-0.2, 0) is 0 Å². The molecular weight excluding hydrogens is 298 g/mol. The van der Waals surface area contributed by atoms with Crippen LogP contribution in [0.25, 0.3) is 22.2 Å². The number of fused-ring (bicyclic) bond motifs is 1. The Morgan fingerprint density at radius 2 is 1.88 bits per heavy atom. The van der Waals surface area contributed by atoms with Crippen LogP contribution in [0.4, 0.5) is 0 Å². The van der Waals surface area contributed by atoms with E-state index in [4.69, 9.17) is 0 Å². The maximum atomic E-state index is 4.58. The molecule has 1 aliphatic heterocycles. The van der Waals surface area contributed by atoms with Crippen molar-refractivity contribution in [1.82, 2.24) is 15.3 Å². The van der Waals surface area contributed by atoms with Crippen LogP contribution in [0.1, 0.15) is 5.56 Å². The number of hydrogen-bond donors (Lipinski definition) is 2. The van der Waals surface area contributed by atoms with E-state index in [1.54, 1.807) is 5.01 Å². The fraction of sp³-hybridized carbons (Fsp3) is 0.158. The molecule has 3 aromatic rings. The van der Waals surface area contributed by atoms with Gasteiger partial charge >= 0.3 is 0 Å². The summed E-state index contributed by atoms with van der Waals surface area (Å²) in [5, 5.41) is 10.7. The van der Waals surface area contributed by atoms with Gasteiger partial charge in [-0.05, 0) is 11.6 Å². The number of nitrogens with zero attached hydrogens (tertiary/aromatic N) is 3. The number of H-pyrrole nitrogens is 1. The molecule has 0 unspecified atom stereocenters. The highest BCUT2D eigenvalue weighted by Gasteiger charge is 2.13. The smallest absolute Gasteiger partial charge is 0.214 e. The van der Waals surface area contributed by atoms with Gasteiger partial charge < -0.3 is 10.3 Å². The summed E-state index contributed by atoms with van der Waals surface area (Å²) in [4.78, 5) is 7.91. The zero-order chi connectivity index (χ0) is 16.4. The Morgan fingerprint density at radius 1 is 1.08 bits per heavy atom. The molecule has 2 aromatic carbocycles. The zero-order valence-corrected chi connectivity index (χ0v) is 13.5. The molecule has 24 heavy (non-hydrogen) atoms. The third-order valence-corrected chi connectivity index (χ3v) is 4.13. The third-order valence-electron chi connectivity index (χ3n) is 4.13. The van der Waals surface area contributed by atoms with Crippen molar-refractivity contribution in [2.75, 3.05) is 20.1 Å². The molecule has 2 heterocycles. The van der Waals surface area contributed by atoms with Crippen LogP contribution < -0.4 is 5.32 Å². The van der Waals surface area contributed by atoms with Crippen LogP contribution >= 0.6 is 0 Å². The number of hydrazone groups is 1. The van der Waals surface area contributed by atoms with Crippen LogP contribution in [0.2, 0.25) is 0 Å². The first-order chi connectivity index (χ1) is 11.8. The van der Waals surface area contributed by atoms with Gasteiger partial charge in [-0.25, -0.2) is 10.0 Å². The first kappa shape index (κ1) is 14.5. The number of aromatic nitrogens is 1. The van der Waals surface area contributed by atoms with E-state index in [0.717, 1.165) is 46.8 Å². The van der Waals surface area contributed by atoms with Crippen LogP contribution in [0, 0.1) is 0 Å². The number of hydrogen-bond acceptors (Lipinski definition) is 4. The fourth-order valence-corrected chi connectivity index (χ4v) is 2.93. The summed E-state index contributed by atoms with van der Waals surface area (Å²) in [6.45, 7) is 1.68. The van der Waals surface area contributed by atoms with Crippen molar-refractivity contribution in [1.29, 1.82) is 0 Å². The van der Waals surface area contributed by atoms with Gasteiger partial charge in [-0.2, -0.15) is 5.10 Å². The maximum Gasteiger partial charge on any atom is 0.214 e. The lowest BCUT2D eigenvalue weighted by Gasteiger charge is -2.12. The molecule has 4 rings (SSSR count). The van der Waals surface area contributed by atoms with Gasteiger partial charge in [-0.1, -0.05) is 48.5 Å². The summed E-state index contributed by atoms with van der Waals surface area (Å²) >= 11 is 0. The summed E-state index contributed by atoms with van der Waals surface area (Å²) in [6, 6.07) is 18.6. The van der Waals surface area contributed by atoms with Gasteiger partial charge in [-0.15, -0.1) is 0 Å². The Balaban J connectivity index is 1.78. The highest BCUT2D eigenvalue weighted by atomic mass is 15.5. The monoisotopic (exact) mass is 317 g/mol. The number of aliphatic imine (C=N–C) groups is 1. The lowest BCUT2D eigenvalue weighted by Crippen LogP contribution is -2.32. The number of nitrogens with one attached hydrogen (secondary N) is 2. The van der Waals surface area contributed by atoms with Gasteiger partial charge in [0.1, 0.15) is 0 Å². The predicted octanol–water partition coefficient (Wildman–Crippen LogP) is 3.06. The van der Waals surface area contributed by atoms with Crippen LogP contribution in [-0.4, -0.2) is 42.3 Å². The van der Waals surface area contributed by atoms with E-state index in [9.17, 15) is 0 Å². The van der Waals surface area contributed by atoms with Gasteiger partial charge in [-0.3, -0.25) is 0 Å². The molecule has 0 fully saturated rings. The molecule has 1 aromatic heterocycles. The Labute approximate surface area is 140 Å². The molecule has 0 bridgehead atoms. The van der Waals surface area contributed by atoms with E-state index in [-0.39, 0.29) is 0 Å². The topological polar surface area (TPSA) is 55.8 Å². The second-order valence-electron chi connectivity index (χ2n) is 5.73. The molecule has 0 radical (unpaired) electrons. The molecule has 120 valence electrons. The van der Waals surface area contributed by atoms with Crippen LogP contribution in [0.3, 0.4) is 0 Å². The van der Waals surface area contributed by atoms with Gasteiger partial charge in [0.2, 0.25) is 5.96 Å². The van der Waals surface area contributed by atoms with E-state index < -0.39 is 0 Å². The average molecular weight is 317 g/mol. The van der Waals surface area contributed by atoms with Gasteiger partial charge in [0, 0.05) is 30.1 Å². The van der Waals surface area contributed by atoms with Crippen molar-refractivity contribution in [2.24, 2.45) is 10.1 Å². The highest BCUT2D eigenvalue weighted by molar-refractivity contribution is 6.06.